The number of amides is 2. The zero-order valence-electron chi connectivity index (χ0n) is 12.7. The Bertz CT molecular complexity index is 675. The molecule has 7 heteroatoms. The van der Waals surface area contributed by atoms with E-state index in [9.17, 15) is 19.5 Å². The van der Waals surface area contributed by atoms with Gasteiger partial charge in [-0.25, -0.2) is 0 Å². The second-order valence-corrected chi connectivity index (χ2v) is 6.69. The summed E-state index contributed by atoms with van der Waals surface area (Å²) in [6.07, 6.45) is 0. The van der Waals surface area contributed by atoms with Gasteiger partial charge in [-0.2, -0.15) is 0 Å². The minimum Gasteiger partial charge on any atom is -0.481 e. The van der Waals surface area contributed by atoms with E-state index in [2.05, 4.69) is 0 Å². The van der Waals surface area contributed by atoms with E-state index in [1.165, 1.54) is 6.92 Å². The van der Waals surface area contributed by atoms with Crippen LogP contribution in [0.2, 0.25) is 5.02 Å². The van der Waals surface area contributed by atoms with Crippen LogP contribution in [0.4, 0.5) is 0 Å². The highest BCUT2D eigenvalue weighted by molar-refractivity contribution is 6.30. The quantitative estimate of drug-likeness (QED) is 0.884. The normalized spacial score (nSPS) is 26.3. The Morgan fingerprint density at radius 2 is 1.70 bits per heavy atom. The minimum atomic E-state index is -1.06. The van der Waals surface area contributed by atoms with Gasteiger partial charge in [-0.15, -0.1) is 0 Å². The van der Waals surface area contributed by atoms with Gasteiger partial charge in [0.15, 0.2) is 0 Å². The third kappa shape index (κ3) is 2.57. The molecule has 0 radical (unpaired) electrons. The lowest BCUT2D eigenvalue weighted by Gasteiger charge is -2.25. The maximum absolute atomic E-state index is 12.6. The smallest absolute Gasteiger partial charge is 0.313 e. The Morgan fingerprint density at radius 3 is 2.22 bits per heavy atom. The highest BCUT2D eigenvalue weighted by atomic mass is 35.5. The fourth-order valence-corrected chi connectivity index (χ4v) is 3.66. The Kier molecular flexibility index (Phi) is 3.80. The van der Waals surface area contributed by atoms with Crippen molar-refractivity contribution in [3.8, 4) is 0 Å². The number of benzene rings is 1. The molecule has 3 rings (SSSR count). The zero-order chi connectivity index (χ0) is 16.8. The Hall–Kier alpha value is -2.08. The highest BCUT2D eigenvalue weighted by Crippen LogP contribution is 2.43. The van der Waals surface area contributed by atoms with Crippen LogP contribution in [0, 0.1) is 11.3 Å². The van der Waals surface area contributed by atoms with E-state index in [-0.39, 0.29) is 30.8 Å². The van der Waals surface area contributed by atoms with E-state index < -0.39 is 11.4 Å². The molecule has 1 aromatic rings. The van der Waals surface area contributed by atoms with Crippen LogP contribution >= 0.6 is 11.6 Å². The van der Waals surface area contributed by atoms with Gasteiger partial charge >= 0.3 is 5.97 Å². The topological polar surface area (TPSA) is 77.9 Å². The SMILES string of the molecule is CC(=O)N1CC2CN(C(=O)c3ccc(Cl)cc3)C[C@]2(C(=O)O)C1. The third-order valence-electron chi connectivity index (χ3n) is 4.86. The number of halogens is 1. The standard InChI is InChI=1S/C16H17ClN2O4/c1-10(20)18-6-12-7-19(9-16(12,8-18)15(22)23)14(21)11-2-4-13(17)5-3-11/h2-5,12H,6-9H2,1H3,(H,22,23)/t12?,16-/m1/s1. The Balaban J connectivity index is 1.82. The molecule has 2 heterocycles. The average Bonchev–Trinajstić information content (AvgIpc) is 3.02. The molecule has 0 saturated carbocycles. The van der Waals surface area contributed by atoms with Crippen molar-refractivity contribution in [1.29, 1.82) is 0 Å². The lowest BCUT2D eigenvalue weighted by molar-refractivity contribution is -0.149. The van der Waals surface area contributed by atoms with Crippen LogP contribution in [-0.2, 0) is 9.59 Å². The number of hydrogen-bond donors (Lipinski definition) is 1. The van der Waals surface area contributed by atoms with Crippen LogP contribution in [0.5, 0.6) is 0 Å². The fraction of sp³-hybridized carbons (Fsp3) is 0.438. The lowest BCUT2D eigenvalue weighted by atomic mass is 9.81. The number of carboxylic acid groups (broad SMARTS) is 1. The molecule has 2 atom stereocenters. The van der Waals surface area contributed by atoms with Crippen LogP contribution in [-0.4, -0.2) is 58.9 Å². The first-order valence-corrected chi connectivity index (χ1v) is 7.75. The molecule has 2 aliphatic heterocycles. The molecule has 2 fully saturated rings. The van der Waals surface area contributed by atoms with E-state index in [4.69, 9.17) is 11.6 Å². The van der Waals surface area contributed by atoms with Crippen LogP contribution in [0.25, 0.3) is 0 Å². The van der Waals surface area contributed by atoms with Crippen LogP contribution in [0.3, 0.4) is 0 Å². The number of fused-ring (bicyclic) bond motifs is 1. The summed E-state index contributed by atoms with van der Waals surface area (Å²) in [6.45, 7) is 2.45. The second-order valence-electron chi connectivity index (χ2n) is 6.25. The van der Waals surface area contributed by atoms with Gasteiger partial charge in [0.2, 0.25) is 5.91 Å². The highest BCUT2D eigenvalue weighted by Gasteiger charge is 2.59. The maximum atomic E-state index is 12.6. The molecule has 6 nitrogen and oxygen atoms in total. The zero-order valence-corrected chi connectivity index (χ0v) is 13.4. The number of rotatable bonds is 2. The van der Waals surface area contributed by atoms with Crippen molar-refractivity contribution in [3.05, 3.63) is 34.9 Å². The van der Waals surface area contributed by atoms with E-state index >= 15 is 0 Å². The third-order valence-corrected chi connectivity index (χ3v) is 5.11. The monoisotopic (exact) mass is 336 g/mol. The molecule has 0 spiro atoms. The first kappa shape index (κ1) is 15.8. The molecule has 0 aliphatic carbocycles. The van der Waals surface area contributed by atoms with E-state index in [1.807, 2.05) is 0 Å². The number of carbonyl (C=O) groups is 3. The van der Waals surface area contributed by atoms with E-state index in [1.54, 1.807) is 34.1 Å². The molecule has 1 unspecified atom stereocenters. The van der Waals surface area contributed by atoms with Crippen molar-refractivity contribution in [3.63, 3.8) is 0 Å². The molecule has 2 amide bonds. The van der Waals surface area contributed by atoms with Crippen LogP contribution in [0.1, 0.15) is 17.3 Å². The molecule has 23 heavy (non-hydrogen) atoms. The Morgan fingerprint density at radius 1 is 1.13 bits per heavy atom. The van der Waals surface area contributed by atoms with Crippen molar-refractivity contribution in [2.75, 3.05) is 26.2 Å². The first-order valence-electron chi connectivity index (χ1n) is 7.37. The average molecular weight is 337 g/mol. The Labute approximate surface area is 138 Å². The van der Waals surface area contributed by atoms with Crippen molar-refractivity contribution >= 4 is 29.4 Å². The number of hydrogen-bond acceptors (Lipinski definition) is 3. The summed E-state index contributed by atoms with van der Waals surface area (Å²) < 4.78 is 0. The first-order chi connectivity index (χ1) is 10.8. The maximum Gasteiger partial charge on any atom is 0.313 e. The van der Waals surface area contributed by atoms with Gasteiger partial charge in [-0.3, -0.25) is 14.4 Å². The molecule has 2 saturated heterocycles. The number of nitrogens with zero attached hydrogens (tertiary/aromatic N) is 2. The summed E-state index contributed by atoms with van der Waals surface area (Å²) in [6, 6.07) is 6.54. The summed E-state index contributed by atoms with van der Waals surface area (Å²) in [5.74, 6) is -1.51. The molecule has 122 valence electrons. The second kappa shape index (κ2) is 5.53. The molecule has 0 bridgehead atoms. The summed E-state index contributed by atoms with van der Waals surface area (Å²) in [5.41, 5.74) is -0.577. The summed E-state index contributed by atoms with van der Waals surface area (Å²) in [7, 11) is 0. The molecular weight excluding hydrogens is 320 g/mol. The number of aliphatic carboxylic acids is 1. The molecule has 0 aromatic heterocycles. The van der Waals surface area contributed by atoms with Crippen LogP contribution in [0.15, 0.2) is 24.3 Å². The van der Waals surface area contributed by atoms with Crippen molar-refractivity contribution in [2.45, 2.75) is 6.92 Å². The molecule has 1 aromatic carbocycles. The van der Waals surface area contributed by atoms with Gasteiger partial charge < -0.3 is 14.9 Å². The number of likely N-dealkylation sites (tertiary alicyclic amines) is 2. The summed E-state index contributed by atoms with van der Waals surface area (Å²) in [5, 5.41) is 10.2. The van der Waals surface area contributed by atoms with E-state index in [0.717, 1.165) is 0 Å². The minimum absolute atomic E-state index is 0.123. The largest absolute Gasteiger partial charge is 0.481 e. The van der Waals surface area contributed by atoms with Crippen molar-refractivity contribution < 1.29 is 19.5 Å². The van der Waals surface area contributed by atoms with Gasteiger partial charge in [0.25, 0.3) is 5.91 Å². The van der Waals surface area contributed by atoms with Gasteiger partial charge in [0, 0.05) is 49.6 Å². The van der Waals surface area contributed by atoms with Gasteiger partial charge in [-0.05, 0) is 24.3 Å². The van der Waals surface area contributed by atoms with Crippen molar-refractivity contribution in [2.24, 2.45) is 11.3 Å². The van der Waals surface area contributed by atoms with Gasteiger partial charge in [0.05, 0.1) is 0 Å². The van der Waals surface area contributed by atoms with E-state index in [0.29, 0.717) is 23.7 Å². The predicted molar refractivity (Wildman–Crippen MR) is 83.2 cm³/mol. The number of carbonyl (C=O) groups excluding carboxylic acids is 2. The lowest BCUT2D eigenvalue weighted by Crippen LogP contribution is -2.42. The van der Waals surface area contributed by atoms with Gasteiger partial charge in [-0.1, -0.05) is 11.6 Å². The summed E-state index contributed by atoms with van der Waals surface area (Å²) in [4.78, 5) is 39.1. The fourth-order valence-electron chi connectivity index (χ4n) is 3.54. The molecular formula is C16H17ClN2O4. The van der Waals surface area contributed by atoms with Crippen molar-refractivity contribution in [1.82, 2.24) is 9.80 Å². The van der Waals surface area contributed by atoms with Gasteiger partial charge in [0.1, 0.15) is 5.41 Å². The van der Waals surface area contributed by atoms with Crippen LogP contribution < -0.4 is 0 Å². The molecule has 2 aliphatic rings. The number of carboxylic acids is 1. The molecule has 1 N–H and O–H groups in total. The predicted octanol–water partition coefficient (Wildman–Crippen LogP) is 1.35. The summed E-state index contributed by atoms with van der Waals surface area (Å²) >= 11 is 5.82.